The zero-order valence-electron chi connectivity index (χ0n) is 14.5. The Kier molecular flexibility index (Phi) is 4.65. The van der Waals surface area contributed by atoms with E-state index in [1.165, 1.54) is 15.8 Å². The van der Waals surface area contributed by atoms with Crippen molar-refractivity contribution in [2.45, 2.75) is 31.9 Å². The third-order valence-electron chi connectivity index (χ3n) is 4.60. The highest BCUT2D eigenvalue weighted by Gasteiger charge is 2.21. The van der Waals surface area contributed by atoms with Gasteiger partial charge in [-0.1, -0.05) is 0 Å². The number of methoxy groups -OCH3 is 1. The van der Waals surface area contributed by atoms with Crippen LogP contribution in [0.25, 0.3) is 10.2 Å². The van der Waals surface area contributed by atoms with E-state index in [9.17, 15) is 9.90 Å². The minimum atomic E-state index is -0.805. The summed E-state index contributed by atoms with van der Waals surface area (Å²) in [5.41, 5.74) is 1.08. The fourth-order valence-electron chi connectivity index (χ4n) is 3.29. The molecule has 0 saturated heterocycles. The van der Waals surface area contributed by atoms with Crippen LogP contribution in [0.2, 0.25) is 0 Å². The number of aryl methyl sites for hydroxylation is 2. The average Bonchev–Trinajstić information content (AvgIpc) is 3.24. The van der Waals surface area contributed by atoms with Crippen LogP contribution in [0, 0.1) is 0 Å². The summed E-state index contributed by atoms with van der Waals surface area (Å²) in [5.74, 6) is 1.38. The summed E-state index contributed by atoms with van der Waals surface area (Å²) >= 11 is 1.62. The molecule has 1 atom stereocenters. The fourth-order valence-corrected chi connectivity index (χ4v) is 4.51. The van der Waals surface area contributed by atoms with Crippen molar-refractivity contribution in [1.82, 2.24) is 9.55 Å². The summed E-state index contributed by atoms with van der Waals surface area (Å²) in [7, 11) is 1.60. The molecule has 0 saturated carbocycles. The minimum absolute atomic E-state index is 0.0714. The molecule has 0 bridgehead atoms. The number of rotatable bonds is 6. The lowest BCUT2D eigenvalue weighted by molar-refractivity contribution is 0.0914. The van der Waals surface area contributed by atoms with E-state index in [4.69, 9.17) is 9.47 Å². The van der Waals surface area contributed by atoms with Crippen molar-refractivity contribution in [2.24, 2.45) is 0 Å². The van der Waals surface area contributed by atoms with Crippen molar-refractivity contribution >= 4 is 21.6 Å². The third kappa shape index (κ3) is 3.20. The lowest BCUT2D eigenvalue weighted by atomic mass is 10.2. The maximum absolute atomic E-state index is 12.8. The second-order valence-corrected chi connectivity index (χ2v) is 7.46. The summed E-state index contributed by atoms with van der Waals surface area (Å²) < 4.78 is 12.2. The Balaban J connectivity index is 1.46. The largest absolute Gasteiger partial charge is 0.497 e. The van der Waals surface area contributed by atoms with Crippen molar-refractivity contribution < 1.29 is 14.6 Å². The highest BCUT2D eigenvalue weighted by molar-refractivity contribution is 7.18. The Morgan fingerprint density at radius 1 is 1.27 bits per heavy atom. The van der Waals surface area contributed by atoms with Crippen LogP contribution in [0.3, 0.4) is 0 Å². The molecule has 0 aliphatic heterocycles. The smallest absolute Gasteiger partial charge is 0.262 e. The lowest BCUT2D eigenvalue weighted by Crippen LogP contribution is -2.30. The van der Waals surface area contributed by atoms with E-state index in [1.807, 2.05) is 0 Å². The number of nitrogens with zero attached hydrogens (tertiary/aromatic N) is 2. The van der Waals surface area contributed by atoms with E-state index in [-0.39, 0.29) is 18.7 Å². The first-order valence-electron chi connectivity index (χ1n) is 8.60. The maximum Gasteiger partial charge on any atom is 0.262 e. The molecule has 136 valence electrons. The van der Waals surface area contributed by atoms with E-state index in [0.29, 0.717) is 5.75 Å². The van der Waals surface area contributed by atoms with Gasteiger partial charge in [-0.15, -0.1) is 11.3 Å². The van der Waals surface area contributed by atoms with Crippen LogP contribution in [0.1, 0.15) is 16.9 Å². The Hall–Kier alpha value is -2.38. The number of hydrogen-bond acceptors (Lipinski definition) is 6. The Morgan fingerprint density at radius 3 is 2.81 bits per heavy atom. The average molecular weight is 372 g/mol. The van der Waals surface area contributed by atoms with E-state index in [1.54, 1.807) is 42.7 Å². The number of aliphatic hydroxyl groups excluding tert-OH is 1. The number of benzene rings is 1. The molecule has 4 rings (SSSR count). The van der Waals surface area contributed by atoms with E-state index in [0.717, 1.165) is 40.8 Å². The number of thiophene rings is 1. The molecule has 1 aliphatic rings. The second kappa shape index (κ2) is 7.09. The first-order chi connectivity index (χ1) is 12.7. The van der Waals surface area contributed by atoms with Crippen molar-refractivity contribution in [3.63, 3.8) is 0 Å². The van der Waals surface area contributed by atoms with Crippen LogP contribution in [0.15, 0.2) is 35.4 Å². The van der Waals surface area contributed by atoms with E-state index < -0.39 is 6.10 Å². The molecular weight excluding hydrogens is 352 g/mol. The van der Waals surface area contributed by atoms with Gasteiger partial charge in [-0.05, 0) is 49.1 Å². The highest BCUT2D eigenvalue weighted by atomic mass is 32.1. The zero-order chi connectivity index (χ0) is 18.1. The molecule has 26 heavy (non-hydrogen) atoms. The molecule has 7 heteroatoms. The molecule has 6 nitrogen and oxygen atoms in total. The number of aliphatic hydroxyl groups is 1. The van der Waals surface area contributed by atoms with Gasteiger partial charge in [0.1, 0.15) is 29.0 Å². The molecular formula is C19H20N2O4S. The zero-order valence-corrected chi connectivity index (χ0v) is 15.3. The van der Waals surface area contributed by atoms with Crippen molar-refractivity contribution in [1.29, 1.82) is 0 Å². The van der Waals surface area contributed by atoms with E-state index in [2.05, 4.69) is 4.98 Å². The molecule has 0 spiro atoms. The van der Waals surface area contributed by atoms with Crippen molar-refractivity contribution in [2.75, 3.05) is 13.7 Å². The molecule has 0 amide bonds. The van der Waals surface area contributed by atoms with Gasteiger partial charge in [0.05, 0.1) is 25.4 Å². The Bertz CT molecular complexity index is 978. The predicted molar refractivity (Wildman–Crippen MR) is 100 cm³/mol. The number of fused-ring (bicyclic) bond motifs is 3. The molecule has 0 unspecified atom stereocenters. The summed E-state index contributed by atoms with van der Waals surface area (Å²) in [4.78, 5) is 19.3. The standard InChI is InChI=1S/C19H20N2O4S/c1-24-13-5-7-14(8-6-13)25-10-12(22)9-21-11-20-18-17(19(21)23)15-3-2-4-16(15)26-18/h5-8,11-12,22H,2-4,9-10H2,1H3/t12-/m0/s1. The number of aromatic nitrogens is 2. The summed E-state index contributed by atoms with van der Waals surface area (Å²) in [6.45, 7) is 0.251. The van der Waals surface area contributed by atoms with Gasteiger partial charge < -0.3 is 14.6 Å². The van der Waals surface area contributed by atoms with Crippen LogP contribution in [0.4, 0.5) is 0 Å². The topological polar surface area (TPSA) is 73.6 Å². The summed E-state index contributed by atoms with van der Waals surface area (Å²) in [5, 5.41) is 11.0. The van der Waals surface area contributed by atoms with Gasteiger partial charge >= 0.3 is 0 Å². The second-order valence-electron chi connectivity index (χ2n) is 6.38. The SMILES string of the molecule is COc1ccc(OC[C@@H](O)Cn2cnc3sc4c(c3c2=O)CCC4)cc1. The van der Waals surface area contributed by atoms with Gasteiger partial charge in [-0.3, -0.25) is 9.36 Å². The van der Waals surface area contributed by atoms with E-state index >= 15 is 0 Å². The van der Waals surface area contributed by atoms with Gasteiger partial charge in [0.2, 0.25) is 0 Å². The van der Waals surface area contributed by atoms with Crippen LogP contribution < -0.4 is 15.0 Å². The van der Waals surface area contributed by atoms with Crippen LogP contribution in [0.5, 0.6) is 11.5 Å². The quantitative estimate of drug-likeness (QED) is 0.719. The predicted octanol–water partition coefficient (Wildman–Crippen LogP) is 2.40. The van der Waals surface area contributed by atoms with Crippen LogP contribution >= 0.6 is 11.3 Å². The molecule has 1 N–H and O–H groups in total. The van der Waals surface area contributed by atoms with Crippen molar-refractivity contribution in [3.05, 3.63) is 51.4 Å². The summed E-state index contributed by atoms with van der Waals surface area (Å²) in [6.07, 6.45) is 3.80. The minimum Gasteiger partial charge on any atom is -0.497 e. The summed E-state index contributed by atoms with van der Waals surface area (Å²) in [6, 6.07) is 7.14. The molecule has 2 heterocycles. The highest BCUT2D eigenvalue weighted by Crippen LogP contribution is 2.34. The van der Waals surface area contributed by atoms with Crippen LogP contribution in [-0.4, -0.2) is 34.5 Å². The number of ether oxygens (including phenoxy) is 2. The monoisotopic (exact) mass is 372 g/mol. The maximum atomic E-state index is 12.8. The van der Waals surface area contributed by atoms with Gasteiger partial charge in [0, 0.05) is 4.88 Å². The molecule has 1 aromatic carbocycles. The Morgan fingerprint density at radius 2 is 2.04 bits per heavy atom. The first-order valence-corrected chi connectivity index (χ1v) is 9.42. The van der Waals surface area contributed by atoms with Gasteiger partial charge in [0.25, 0.3) is 5.56 Å². The normalized spacial score (nSPS) is 14.4. The van der Waals surface area contributed by atoms with Crippen molar-refractivity contribution in [3.8, 4) is 11.5 Å². The molecule has 1 aliphatic carbocycles. The van der Waals surface area contributed by atoms with Gasteiger partial charge in [-0.2, -0.15) is 0 Å². The first kappa shape index (κ1) is 17.1. The fraction of sp³-hybridized carbons (Fsp3) is 0.368. The number of hydrogen-bond donors (Lipinski definition) is 1. The molecule has 3 aromatic rings. The van der Waals surface area contributed by atoms with Gasteiger partial charge in [0.15, 0.2) is 0 Å². The van der Waals surface area contributed by atoms with Gasteiger partial charge in [-0.25, -0.2) is 4.98 Å². The van der Waals surface area contributed by atoms with Crippen LogP contribution in [-0.2, 0) is 19.4 Å². The lowest BCUT2D eigenvalue weighted by Gasteiger charge is -2.14. The molecule has 0 radical (unpaired) electrons. The Labute approximate surface area is 154 Å². The third-order valence-corrected chi connectivity index (χ3v) is 5.80. The molecule has 0 fully saturated rings. The molecule has 2 aromatic heterocycles.